The molecule has 1 atom stereocenters. The number of hydrogen-bond acceptors (Lipinski definition) is 7. The van der Waals surface area contributed by atoms with Gasteiger partial charge in [-0.1, -0.05) is 0 Å². The van der Waals surface area contributed by atoms with Gasteiger partial charge in [-0.05, 0) is 49.2 Å². The van der Waals surface area contributed by atoms with E-state index in [9.17, 15) is 4.79 Å². The van der Waals surface area contributed by atoms with E-state index in [4.69, 9.17) is 14.2 Å². The monoisotopic (exact) mass is 432 g/mol. The number of rotatable bonds is 5. The summed E-state index contributed by atoms with van der Waals surface area (Å²) in [5, 5.41) is 3.02. The van der Waals surface area contributed by atoms with Gasteiger partial charge in [-0.15, -0.1) is 0 Å². The zero-order chi connectivity index (χ0) is 21.9. The van der Waals surface area contributed by atoms with Crippen LogP contribution < -0.4 is 24.4 Å². The van der Waals surface area contributed by atoms with Crippen LogP contribution in [0.3, 0.4) is 0 Å². The summed E-state index contributed by atoms with van der Waals surface area (Å²) in [5.74, 6) is 2.84. The first-order valence-electron chi connectivity index (χ1n) is 10.6. The van der Waals surface area contributed by atoms with E-state index < -0.39 is 0 Å². The van der Waals surface area contributed by atoms with Crippen LogP contribution in [0.2, 0.25) is 0 Å². The van der Waals surface area contributed by atoms with E-state index in [-0.39, 0.29) is 18.6 Å². The summed E-state index contributed by atoms with van der Waals surface area (Å²) in [4.78, 5) is 24.0. The number of fused-ring (bicyclic) bond motifs is 1. The normalized spacial score (nSPS) is 17.2. The molecule has 32 heavy (non-hydrogen) atoms. The molecule has 0 spiro atoms. The number of amides is 1. The van der Waals surface area contributed by atoms with E-state index in [1.54, 1.807) is 19.5 Å². The summed E-state index contributed by atoms with van der Waals surface area (Å²) >= 11 is 0. The van der Waals surface area contributed by atoms with Crippen molar-refractivity contribution in [1.82, 2.24) is 9.97 Å². The predicted octanol–water partition coefficient (Wildman–Crippen LogP) is 3.74. The third-order valence-electron chi connectivity index (χ3n) is 5.79. The molecular weight excluding hydrogens is 408 g/mol. The molecule has 1 aromatic heterocycles. The van der Waals surface area contributed by atoms with Crippen molar-refractivity contribution in [3.63, 3.8) is 0 Å². The van der Waals surface area contributed by atoms with E-state index in [2.05, 4.69) is 20.2 Å². The first-order valence-corrected chi connectivity index (χ1v) is 10.6. The lowest BCUT2D eigenvalue weighted by Crippen LogP contribution is -2.41. The lowest BCUT2D eigenvalue weighted by atomic mass is 9.97. The van der Waals surface area contributed by atoms with Gasteiger partial charge in [-0.25, -0.2) is 9.97 Å². The molecule has 1 unspecified atom stereocenters. The van der Waals surface area contributed by atoms with Crippen molar-refractivity contribution in [1.29, 1.82) is 0 Å². The zero-order valence-corrected chi connectivity index (χ0v) is 17.8. The van der Waals surface area contributed by atoms with Crippen molar-refractivity contribution in [2.75, 3.05) is 37.2 Å². The van der Waals surface area contributed by atoms with Crippen LogP contribution in [0.5, 0.6) is 17.2 Å². The SMILES string of the molecule is COc1ccc(-c2cc(N3CCCC(C(=O)Nc4ccc5c(c4)OCO5)C3)ncn2)cc1. The van der Waals surface area contributed by atoms with E-state index >= 15 is 0 Å². The fourth-order valence-corrected chi connectivity index (χ4v) is 4.06. The van der Waals surface area contributed by atoms with Crippen molar-refractivity contribution < 1.29 is 19.0 Å². The molecule has 8 heteroatoms. The molecule has 0 saturated carbocycles. The molecule has 2 aromatic carbocycles. The number of anilines is 2. The lowest BCUT2D eigenvalue weighted by Gasteiger charge is -2.33. The maximum absolute atomic E-state index is 12.9. The van der Waals surface area contributed by atoms with Gasteiger partial charge < -0.3 is 24.4 Å². The van der Waals surface area contributed by atoms with Gasteiger partial charge in [0.15, 0.2) is 11.5 Å². The first kappa shape index (κ1) is 20.1. The smallest absolute Gasteiger partial charge is 0.231 e. The molecular formula is C24H24N4O4. The minimum atomic E-state index is -0.131. The molecule has 2 aliphatic rings. The summed E-state index contributed by atoms with van der Waals surface area (Å²) in [7, 11) is 1.65. The summed E-state index contributed by atoms with van der Waals surface area (Å²) in [6, 6.07) is 15.2. The van der Waals surface area contributed by atoms with Crippen LogP contribution in [0.25, 0.3) is 11.3 Å². The zero-order valence-electron chi connectivity index (χ0n) is 17.8. The van der Waals surface area contributed by atoms with E-state index in [1.807, 2.05) is 42.5 Å². The Hall–Kier alpha value is -3.81. The van der Waals surface area contributed by atoms with Gasteiger partial charge in [-0.2, -0.15) is 0 Å². The highest BCUT2D eigenvalue weighted by atomic mass is 16.7. The van der Waals surface area contributed by atoms with Gasteiger partial charge in [-0.3, -0.25) is 4.79 Å². The van der Waals surface area contributed by atoms with Gasteiger partial charge in [0.2, 0.25) is 12.7 Å². The maximum atomic E-state index is 12.9. The topological polar surface area (TPSA) is 85.8 Å². The van der Waals surface area contributed by atoms with Gasteiger partial charge in [0, 0.05) is 36.5 Å². The fraction of sp³-hybridized carbons (Fsp3) is 0.292. The Bertz CT molecular complexity index is 1120. The van der Waals surface area contributed by atoms with Crippen molar-refractivity contribution in [3.05, 3.63) is 54.9 Å². The van der Waals surface area contributed by atoms with Crippen LogP contribution in [0.4, 0.5) is 11.5 Å². The highest BCUT2D eigenvalue weighted by Crippen LogP contribution is 2.34. The van der Waals surface area contributed by atoms with Gasteiger partial charge in [0.05, 0.1) is 18.7 Å². The predicted molar refractivity (Wildman–Crippen MR) is 120 cm³/mol. The van der Waals surface area contributed by atoms with E-state index in [0.29, 0.717) is 23.7 Å². The van der Waals surface area contributed by atoms with Crippen molar-refractivity contribution in [2.24, 2.45) is 5.92 Å². The Morgan fingerprint density at radius 1 is 1.09 bits per heavy atom. The number of ether oxygens (including phenoxy) is 3. The molecule has 1 saturated heterocycles. The molecule has 0 bridgehead atoms. The summed E-state index contributed by atoms with van der Waals surface area (Å²) in [5.41, 5.74) is 2.54. The third kappa shape index (κ3) is 4.16. The van der Waals surface area contributed by atoms with Crippen LogP contribution in [0.15, 0.2) is 54.9 Å². The molecule has 2 aliphatic heterocycles. The average molecular weight is 432 g/mol. The van der Waals surface area contributed by atoms with Crippen LogP contribution >= 0.6 is 0 Å². The molecule has 0 aliphatic carbocycles. The third-order valence-corrected chi connectivity index (χ3v) is 5.79. The maximum Gasteiger partial charge on any atom is 0.231 e. The van der Waals surface area contributed by atoms with Crippen LogP contribution in [-0.4, -0.2) is 42.9 Å². The molecule has 3 aromatic rings. The molecule has 3 heterocycles. The van der Waals surface area contributed by atoms with Gasteiger partial charge in [0.1, 0.15) is 17.9 Å². The Balaban J connectivity index is 1.27. The summed E-state index contributed by atoms with van der Waals surface area (Å²) in [6.45, 7) is 1.67. The Morgan fingerprint density at radius 2 is 1.94 bits per heavy atom. The second-order valence-electron chi connectivity index (χ2n) is 7.83. The quantitative estimate of drug-likeness (QED) is 0.657. The molecule has 1 N–H and O–H groups in total. The highest BCUT2D eigenvalue weighted by molar-refractivity contribution is 5.93. The number of hydrogen-bond donors (Lipinski definition) is 1. The minimum Gasteiger partial charge on any atom is -0.497 e. The Kier molecular flexibility index (Phi) is 5.49. The van der Waals surface area contributed by atoms with Crippen molar-refractivity contribution >= 4 is 17.4 Å². The largest absolute Gasteiger partial charge is 0.497 e. The average Bonchev–Trinajstić information content (AvgIpc) is 3.32. The molecule has 8 nitrogen and oxygen atoms in total. The molecule has 1 amide bonds. The molecule has 164 valence electrons. The summed E-state index contributed by atoms with van der Waals surface area (Å²) < 4.78 is 16.0. The second kappa shape index (κ2) is 8.74. The number of benzene rings is 2. The number of methoxy groups -OCH3 is 1. The number of carbonyl (C=O) groups is 1. The summed E-state index contributed by atoms with van der Waals surface area (Å²) in [6.07, 6.45) is 3.33. The number of nitrogens with one attached hydrogen (secondary N) is 1. The van der Waals surface area contributed by atoms with Gasteiger partial charge >= 0.3 is 0 Å². The van der Waals surface area contributed by atoms with Crippen LogP contribution in [0, 0.1) is 5.92 Å². The number of carbonyl (C=O) groups excluding carboxylic acids is 1. The first-order chi connectivity index (χ1) is 15.7. The standard InChI is InChI=1S/C24H24N4O4/c1-30-19-7-4-16(5-8-19)20-12-23(26-14-25-20)28-10-2-3-17(13-28)24(29)27-18-6-9-21-22(11-18)32-15-31-21/h4-9,11-12,14,17H,2-3,10,13,15H2,1H3,(H,27,29). The minimum absolute atomic E-state index is 0.00185. The van der Waals surface area contributed by atoms with Gasteiger partial charge in [0.25, 0.3) is 0 Å². The van der Waals surface area contributed by atoms with Crippen LogP contribution in [0.1, 0.15) is 12.8 Å². The van der Waals surface area contributed by atoms with Crippen molar-refractivity contribution in [2.45, 2.75) is 12.8 Å². The molecule has 5 rings (SSSR count). The lowest BCUT2D eigenvalue weighted by molar-refractivity contribution is -0.120. The highest BCUT2D eigenvalue weighted by Gasteiger charge is 2.27. The molecule has 0 radical (unpaired) electrons. The fourth-order valence-electron chi connectivity index (χ4n) is 4.06. The number of nitrogens with zero attached hydrogens (tertiary/aromatic N) is 3. The number of piperidine rings is 1. The Morgan fingerprint density at radius 3 is 2.78 bits per heavy atom. The molecule has 1 fully saturated rings. The second-order valence-corrected chi connectivity index (χ2v) is 7.83. The van der Waals surface area contributed by atoms with E-state index in [0.717, 1.165) is 42.2 Å². The number of aromatic nitrogens is 2. The Labute approximate surface area is 186 Å². The van der Waals surface area contributed by atoms with Crippen molar-refractivity contribution in [3.8, 4) is 28.5 Å². The van der Waals surface area contributed by atoms with Crippen LogP contribution in [-0.2, 0) is 4.79 Å². The van der Waals surface area contributed by atoms with E-state index in [1.165, 1.54) is 0 Å².